The Hall–Kier alpha value is -0.440. The number of benzene rings is 1. The molecule has 13 heavy (non-hydrogen) atoms. The van der Waals surface area contributed by atoms with Gasteiger partial charge in [0.15, 0.2) is 0 Å². The lowest BCUT2D eigenvalue weighted by atomic mass is 10.0. The van der Waals surface area contributed by atoms with Gasteiger partial charge in [-0.3, -0.25) is 0 Å². The summed E-state index contributed by atoms with van der Waals surface area (Å²) in [5.41, 5.74) is 0.684. The van der Waals surface area contributed by atoms with Gasteiger partial charge in [-0.25, -0.2) is 0 Å². The van der Waals surface area contributed by atoms with Crippen molar-refractivity contribution < 1.29 is 9.84 Å². The third-order valence-electron chi connectivity index (χ3n) is 2.03. The molecule has 0 saturated heterocycles. The van der Waals surface area contributed by atoms with E-state index >= 15 is 0 Å². The summed E-state index contributed by atoms with van der Waals surface area (Å²) in [5.74, 6) is 0.560. The van der Waals surface area contributed by atoms with Crippen molar-refractivity contribution in [1.82, 2.24) is 0 Å². The van der Waals surface area contributed by atoms with E-state index in [9.17, 15) is 5.11 Å². The molecule has 0 unspecified atom stereocenters. The van der Waals surface area contributed by atoms with Gasteiger partial charge in [0.2, 0.25) is 0 Å². The van der Waals surface area contributed by atoms with Crippen molar-refractivity contribution in [1.29, 1.82) is 0 Å². The Labute approximate surface area is 86.0 Å². The van der Waals surface area contributed by atoms with Crippen LogP contribution in [0.5, 0.6) is 5.75 Å². The molecule has 1 heterocycles. The minimum atomic E-state index is -0.514. The molecule has 2 nitrogen and oxygen atoms in total. The fourth-order valence-electron chi connectivity index (χ4n) is 1.41. The molecular formula is C9H8Cl2O2. The van der Waals surface area contributed by atoms with Crippen molar-refractivity contribution in [2.75, 3.05) is 6.61 Å². The number of rotatable bonds is 0. The topological polar surface area (TPSA) is 29.5 Å². The van der Waals surface area contributed by atoms with E-state index < -0.39 is 6.10 Å². The number of ether oxygens (including phenoxy) is 1. The van der Waals surface area contributed by atoms with Crippen LogP contribution in [0.15, 0.2) is 12.1 Å². The van der Waals surface area contributed by atoms with Crippen LogP contribution in [0.25, 0.3) is 0 Å². The van der Waals surface area contributed by atoms with Gasteiger partial charge < -0.3 is 9.84 Å². The van der Waals surface area contributed by atoms with Crippen LogP contribution in [0.1, 0.15) is 18.1 Å². The van der Waals surface area contributed by atoms with Gasteiger partial charge in [-0.15, -0.1) is 0 Å². The Morgan fingerprint density at radius 1 is 1.38 bits per heavy atom. The maximum atomic E-state index is 9.61. The van der Waals surface area contributed by atoms with Gasteiger partial charge in [0.1, 0.15) is 5.75 Å². The van der Waals surface area contributed by atoms with Gasteiger partial charge in [-0.2, -0.15) is 0 Å². The zero-order chi connectivity index (χ0) is 9.42. The first kappa shape index (κ1) is 9.13. The molecule has 0 fully saturated rings. The minimum absolute atomic E-state index is 0.459. The summed E-state index contributed by atoms with van der Waals surface area (Å²) in [6, 6.07) is 3.30. The summed E-state index contributed by atoms with van der Waals surface area (Å²) >= 11 is 11.7. The Kier molecular flexibility index (Phi) is 2.37. The maximum Gasteiger partial charge on any atom is 0.143 e. The van der Waals surface area contributed by atoms with Crippen molar-refractivity contribution in [3.63, 3.8) is 0 Å². The van der Waals surface area contributed by atoms with E-state index in [1.807, 2.05) is 0 Å². The van der Waals surface area contributed by atoms with E-state index in [2.05, 4.69) is 0 Å². The number of halogens is 2. The number of hydrogen-bond donors (Lipinski definition) is 1. The minimum Gasteiger partial charge on any atom is -0.492 e. The van der Waals surface area contributed by atoms with E-state index in [1.54, 1.807) is 12.1 Å². The van der Waals surface area contributed by atoms with Crippen LogP contribution in [0, 0.1) is 0 Å². The average Bonchev–Trinajstić information content (AvgIpc) is 2.07. The number of aliphatic hydroxyl groups is 1. The van der Waals surface area contributed by atoms with Gasteiger partial charge >= 0.3 is 0 Å². The van der Waals surface area contributed by atoms with Gasteiger partial charge in [-0.05, 0) is 12.1 Å². The first-order valence-electron chi connectivity index (χ1n) is 3.98. The van der Waals surface area contributed by atoms with Gasteiger partial charge in [0.25, 0.3) is 0 Å². The zero-order valence-corrected chi connectivity index (χ0v) is 8.27. The van der Waals surface area contributed by atoms with E-state index in [4.69, 9.17) is 27.9 Å². The molecule has 0 aromatic heterocycles. The summed E-state index contributed by atoms with van der Waals surface area (Å²) in [6.07, 6.45) is 0.0730. The van der Waals surface area contributed by atoms with Crippen LogP contribution < -0.4 is 4.74 Å². The molecule has 1 aromatic rings. The lowest BCUT2D eigenvalue weighted by Crippen LogP contribution is -2.13. The van der Waals surface area contributed by atoms with Gasteiger partial charge in [0, 0.05) is 17.0 Å². The average molecular weight is 219 g/mol. The highest BCUT2D eigenvalue weighted by Crippen LogP contribution is 2.39. The molecule has 0 radical (unpaired) electrons. The van der Waals surface area contributed by atoms with Gasteiger partial charge in [-0.1, -0.05) is 23.2 Å². The van der Waals surface area contributed by atoms with Crippen molar-refractivity contribution in [3.05, 3.63) is 27.7 Å². The highest BCUT2D eigenvalue weighted by atomic mass is 35.5. The molecule has 4 heteroatoms. The molecule has 0 aliphatic carbocycles. The molecular weight excluding hydrogens is 211 g/mol. The predicted molar refractivity (Wildman–Crippen MR) is 51.5 cm³/mol. The highest BCUT2D eigenvalue weighted by Gasteiger charge is 2.22. The van der Waals surface area contributed by atoms with E-state index in [1.165, 1.54) is 0 Å². The molecule has 0 saturated carbocycles. The van der Waals surface area contributed by atoms with Crippen molar-refractivity contribution in [3.8, 4) is 5.75 Å². The lowest BCUT2D eigenvalue weighted by molar-refractivity contribution is 0.115. The van der Waals surface area contributed by atoms with Crippen LogP contribution >= 0.6 is 23.2 Å². The number of fused-ring (bicyclic) bond motifs is 1. The Morgan fingerprint density at radius 2 is 2.15 bits per heavy atom. The molecule has 1 N–H and O–H groups in total. The van der Waals surface area contributed by atoms with Crippen molar-refractivity contribution >= 4 is 23.2 Å². The summed E-state index contributed by atoms with van der Waals surface area (Å²) in [7, 11) is 0. The van der Waals surface area contributed by atoms with Crippen LogP contribution in [0.4, 0.5) is 0 Å². The Morgan fingerprint density at radius 3 is 2.92 bits per heavy atom. The number of aliphatic hydroxyl groups excluding tert-OH is 1. The zero-order valence-electron chi connectivity index (χ0n) is 6.76. The first-order valence-corrected chi connectivity index (χ1v) is 4.74. The summed E-state index contributed by atoms with van der Waals surface area (Å²) in [5, 5.41) is 10.6. The van der Waals surface area contributed by atoms with Gasteiger partial charge in [0.05, 0.1) is 17.7 Å². The smallest absolute Gasteiger partial charge is 0.143 e. The summed E-state index contributed by atoms with van der Waals surface area (Å²) in [4.78, 5) is 0. The summed E-state index contributed by atoms with van der Waals surface area (Å²) in [6.45, 7) is 0.496. The summed E-state index contributed by atoms with van der Waals surface area (Å²) < 4.78 is 5.33. The largest absolute Gasteiger partial charge is 0.492 e. The highest BCUT2D eigenvalue weighted by molar-refractivity contribution is 6.35. The monoisotopic (exact) mass is 218 g/mol. The standard InChI is InChI=1S/C9H8Cl2O2/c10-5-3-6-8(12)1-2-13-9(6)7(11)4-5/h3-4,8,12H,1-2H2/t8-/m0/s1. The number of hydrogen-bond acceptors (Lipinski definition) is 2. The molecule has 0 bridgehead atoms. The van der Waals surface area contributed by atoms with E-state index in [0.29, 0.717) is 34.4 Å². The SMILES string of the molecule is O[C@H]1CCOc2c(Cl)cc(Cl)cc21. The molecule has 1 aliphatic rings. The molecule has 2 rings (SSSR count). The van der Waals surface area contributed by atoms with Crippen molar-refractivity contribution in [2.45, 2.75) is 12.5 Å². The molecule has 1 aromatic carbocycles. The molecule has 1 aliphatic heterocycles. The quantitative estimate of drug-likeness (QED) is 0.726. The molecule has 1 atom stereocenters. The second-order valence-electron chi connectivity index (χ2n) is 2.96. The first-order chi connectivity index (χ1) is 6.18. The Bertz CT molecular complexity index is 339. The Balaban J connectivity index is 2.56. The fraction of sp³-hybridized carbons (Fsp3) is 0.333. The predicted octanol–water partition coefficient (Wildman–Crippen LogP) is 2.81. The second kappa shape index (κ2) is 3.37. The molecule has 70 valence electrons. The third-order valence-corrected chi connectivity index (χ3v) is 2.53. The van der Waals surface area contributed by atoms with Crippen molar-refractivity contribution in [2.24, 2.45) is 0 Å². The maximum absolute atomic E-state index is 9.61. The van der Waals surface area contributed by atoms with Crippen LogP contribution in [0.3, 0.4) is 0 Å². The van der Waals surface area contributed by atoms with E-state index in [-0.39, 0.29) is 0 Å². The third kappa shape index (κ3) is 1.62. The lowest BCUT2D eigenvalue weighted by Gasteiger charge is -2.23. The molecule has 0 amide bonds. The van der Waals surface area contributed by atoms with E-state index in [0.717, 1.165) is 0 Å². The fourth-order valence-corrected chi connectivity index (χ4v) is 1.97. The van der Waals surface area contributed by atoms with Crippen LogP contribution in [-0.2, 0) is 0 Å². The normalized spacial score (nSPS) is 20.7. The molecule has 0 spiro atoms. The van der Waals surface area contributed by atoms with Crippen LogP contribution in [0.2, 0.25) is 10.0 Å². The van der Waals surface area contributed by atoms with Crippen LogP contribution in [-0.4, -0.2) is 11.7 Å². The second-order valence-corrected chi connectivity index (χ2v) is 3.80.